The average Bonchev–Trinajstić information content (AvgIpc) is 2.57. The minimum Gasteiger partial charge on any atom is -0.394 e. The number of rotatable bonds is 9. The number of anilines is 2. The van der Waals surface area contributed by atoms with E-state index in [0.717, 1.165) is 49.4 Å². The predicted octanol–water partition coefficient (Wildman–Crippen LogP) is 2.95. The van der Waals surface area contributed by atoms with Gasteiger partial charge in [0.2, 0.25) is 21.9 Å². The molecule has 12 heteroatoms. The predicted molar refractivity (Wildman–Crippen MR) is 111 cm³/mol. The van der Waals surface area contributed by atoms with Gasteiger partial charge in [-0.1, -0.05) is 24.2 Å². The van der Waals surface area contributed by atoms with Gasteiger partial charge in [-0.3, -0.25) is 4.72 Å². The summed E-state index contributed by atoms with van der Waals surface area (Å²) in [4.78, 5) is 12.5. The van der Waals surface area contributed by atoms with Crippen molar-refractivity contribution in [2.45, 2.75) is 42.6 Å². The number of halogens is 2. The first-order valence-electron chi connectivity index (χ1n) is 9.37. The van der Waals surface area contributed by atoms with Crippen LogP contribution in [0.25, 0.3) is 0 Å². The van der Waals surface area contributed by atoms with Crippen molar-refractivity contribution in [3.05, 3.63) is 35.4 Å². The smallest absolute Gasteiger partial charge is 0.242 e. The second-order valence-corrected chi connectivity index (χ2v) is 10.2. The lowest BCUT2D eigenvalue weighted by atomic mass is 9.80. The Balaban J connectivity index is 1.86. The molecule has 0 aliphatic heterocycles. The molecule has 0 bridgehead atoms. The van der Waals surface area contributed by atoms with Crippen molar-refractivity contribution >= 4 is 33.7 Å². The number of nitrogens with one attached hydrogen (secondary N) is 2. The Morgan fingerprint density at radius 3 is 2.50 bits per heavy atom. The number of aliphatic hydroxyl groups excluding tert-OH is 1. The number of aromatic nitrogens is 3. The number of aliphatic hydroxyl groups is 1. The van der Waals surface area contributed by atoms with Gasteiger partial charge in [-0.25, -0.2) is 17.2 Å². The molecule has 164 valence electrons. The van der Waals surface area contributed by atoms with E-state index in [1.165, 1.54) is 6.07 Å². The molecule has 1 aliphatic rings. The molecule has 0 spiro atoms. The van der Waals surface area contributed by atoms with E-state index < -0.39 is 26.9 Å². The highest BCUT2D eigenvalue weighted by Crippen LogP contribution is 2.35. The van der Waals surface area contributed by atoms with Crippen LogP contribution in [0, 0.1) is 17.6 Å². The second kappa shape index (κ2) is 9.40. The van der Waals surface area contributed by atoms with Crippen LogP contribution in [0.15, 0.2) is 23.4 Å². The fraction of sp³-hybridized carbons (Fsp3) is 0.500. The number of thioether (sulfide) groups is 1. The summed E-state index contributed by atoms with van der Waals surface area (Å²) in [5, 5.41) is 12.4. The molecule has 8 nitrogen and oxygen atoms in total. The minimum atomic E-state index is -3.64. The van der Waals surface area contributed by atoms with E-state index in [-0.39, 0.29) is 41.2 Å². The maximum atomic E-state index is 14.1. The van der Waals surface area contributed by atoms with Gasteiger partial charge >= 0.3 is 0 Å². The number of benzene rings is 1. The van der Waals surface area contributed by atoms with Crippen LogP contribution < -0.4 is 10.0 Å². The van der Waals surface area contributed by atoms with Gasteiger partial charge in [-0.05, 0) is 31.7 Å². The molecule has 1 saturated carbocycles. The third-order valence-corrected chi connectivity index (χ3v) is 6.36. The number of hydrogen-bond acceptors (Lipinski definition) is 8. The van der Waals surface area contributed by atoms with Crippen LogP contribution in [-0.2, 0) is 10.0 Å². The Morgan fingerprint density at radius 1 is 1.23 bits per heavy atom. The molecule has 30 heavy (non-hydrogen) atoms. The van der Waals surface area contributed by atoms with Gasteiger partial charge in [0.25, 0.3) is 0 Å². The Morgan fingerprint density at radius 2 is 1.93 bits per heavy atom. The first kappa shape index (κ1) is 22.6. The Bertz CT molecular complexity index is 1010. The van der Waals surface area contributed by atoms with Gasteiger partial charge in [0, 0.05) is 16.9 Å². The Kier molecular flexibility index (Phi) is 7.09. The minimum absolute atomic E-state index is 0.108. The van der Waals surface area contributed by atoms with E-state index in [1.807, 2.05) is 0 Å². The normalized spacial score (nSPS) is 16.6. The number of nitrogens with zero attached hydrogens (tertiary/aromatic N) is 3. The Labute approximate surface area is 178 Å². The van der Waals surface area contributed by atoms with Gasteiger partial charge in [0.1, 0.15) is 11.6 Å². The van der Waals surface area contributed by atoms with Crippen LogP contribution in [0.3, 0.4) is 0 Å². The van der Waals surface area contributed by atoms with Crippen molar-refractivity contribution in [1.82, 2.24) is 15.0 Å². The van der Waals surface area contributed by atoms with E-state index in [0.29, 0.717) is 0 Å². The van der Waals surface area contributed by atoms with Crippen molar-refractivity contribution < 1.29 is 22.3 Å². The maximum absolute atomic E-state index is 14.1. The first-order chi connectivity index (χ1) is 14.1. The molecule has 1 aliphatic carbocycles. The molecular weight excluding hydrogens is 436 g/mol. The van der Waals surface area contributed by atoms with Crippen LogP contribution >= 0.6 is 11.8 Å². The van der Waals surface area contributed by atoms with Gasteiger partial charge in [-0.2, -0.15) is 15.0 Å². The van der Waals surface area contributed by atoms with Crippen molar-refractivity contribution in [1.29, 1.82) is 0 Å². The fourth-order valence-electron chi connectivity index (χ4n) is 3.06. The van der Waals surface area contributed by atoms with Crippen LogP contribution in [0.1, 0.15) is 37.0 Å². The topological polar surface area (TPSA) is 117 Å². The summed E-state index contributed by atoms with van der Waals surface area (Å²) in [6.45, 7) is 1.58. The van der Waals surface area contributed by atoms with Gasteiger partial charge in [0.05, 0.1) is 18.9 Å². The molecular formula is C18H23F2N5O3S2. The van der Waals surface area contributed by atoms with Crippen LogP contribution in [0.4, 0.5) is 20.7 Å². The van der Waals surface area contributed by atoms with Gasteiger partial charge in [0.15, 0.2) is 5.16 Å². The maximum Gasteiger partial charge on any atom is 0.242 e. The largest absolute Gasteiger partial charge is 0.394 e. The molecule has 3 N–H and O–H groups in total. The van der Waals surface area contributed by atoms with E-state index >= 15 is 0 Å². The molecule has 0 saturated heterocycles. The van der Waals surface area contributed by atoms with Gasteiger partial charge < -0.3 is 10.4 Å². The zero-order valence-electron chi connectivity index (χ0n) is 16.5. The van der Waals surface area contributed by atoms with E-state index in [1.54, 1.807) is 6.92 Å². The summed E-state index contributed by atoms with van der Waals surface area (Å²) in [7, 11) is -3.64. The fourth-order valence-corrected chi connectivity index (χ4v) is 4.39. The zero-order chi connectivity index (χ0) is 21.9. The lowest BCUT2D eigenvalue weighted by Gasteiger charge is -2.33. The summed E-state index contributed by atoms with van der Waals surface area (Å²) < 4.78 is 52.7. The lowest BCUT2D eigenvalue weighted by Crippen LogP contribution is -2.37. The van der Waals surface area contributed by atoms with Crippen molar-refractivity contribution in [3.8, 4) is 0 Å². The molecule has 1 aromatic carbocycles. The van der Waals surface area contributed by atoms with Crippen molar-refractivity contribution in [3.63, 3.8) is 0 Å². The molecule has 1 fully saturated rings. The standard InChI is InChI=1S/C18H23F2N5O3S2/c1-10(13-7-6-12(19)8-14(13)20)29-18-23-16(21-15(9-26)11-4-3-5-11)22-17(24-18)25-30(2,27)28/h6-8,10-11,15,26H,3-5,9H2,1-2H3,(H2,21,22,23,24,25)/t10?,15-/m0/s1. The van der Waals surface area contributed by atoms with E-state index in [9.17, 15) is 22.3 Å². The Hall–Kier alpha value is -2.05. The highest BCUT2D eigenvalue weighted by molar-refractivity contribution is 7.99. The van der Waals surface area contributed by atoms with Crippen molar-refractivity contribution in [2.75, 3.05) is 22.9 Å². The number of sulfonamides is 1. The molecule has 1 unspecified atom stereocenters. The third kappa shape index (κ3) is 5.99. The molecule has 2 aromatic rings. The SMILES string of the molecule is CC(Sc1nc(N[C@@H](CO)C2CCC2)nc(NS(C)(=O)=O)n1)c1ccc(F)cc1F. The van der Waals surface area contributed by atoms with E-state index in [4.69, 9.17) is 0 Å². The molecule has 0 radical (unpaired) electrons. The molecule has 2 atom stereocenters. The molecule has 1 aromatic heterocycles. The average molecular weight is 460 g/mol. The highest BCUT2D eigenvalue weighted by atomic mass is 32.2. The summed E-state index contributed by atoms with van der Waals surface area (Å²) in [6.07, 6.45) is 4.00. The zero-order valence-corrected chi connectivity index (χ0v) is 18.1. The molecule has 1 heterocycles. The summed E-state index contributed by atoms with van der Waals surface area (Å²) in [6, 6.07) is 3.04. The monoisotopic (exact) mass is 459 g/mol. The second-order valence-electron chi connectivity index (χ2n) is 7.19. The van der Waals surface area contributed by atoms with Gasteiger partial charge in [-0.15, -0.1) is 0 Å². The third-order valence-electron chi connectivity index (χ3n) is 4.80. The first-order valence-corrected chi connectivity index (χ1v) is 12.1. The van der Waals surface area contributed by atoms with Crippen molar-refractivity contribution in [2.24, 2.45) is 5.92 Å². The summed E-state index contributed by atoms with van der Waals surface area (Å²) in [5.74, 6) is -1.17. The summed E-state index contributed by atoms with van der Waals surface area (Å²) in [5.41, 5.74) is 0.261. The quantitative estimate of drug-likeness (QED) is 0.490. The van der Waals surface area contributed by atoms with E-state index in [2.05, 4.69) is 25.0 Å². The molecule has 3 rings (SSSR count). The van der Waals surface area contributed by atoms with Crippen LogP contribution in [0.5, 0.6) is 0 Å². The highest BCUT2D eigenvalue weighted by Gasteiger charge is 2.28. The van der Waals surface area contributed by atoms with Crippen LogP contribution in [0.2, 0.25) is 0 Å². The number of hydrogen-bond donors (Lipinski definition) is 3. The summed E-state index contributed by atoms with van der Waals surface area (Å²) >= 11 is 1.07. The van der Waals surface area contributed by atoms with Crippen LogP contribution in [-0.4, -0.2) is 47.4 Å². The lowest BCUT2D eigenvalue weighted by molar-refractivity contribution is 0.186. The molecule has 0 amide bonds.